The number of ketones is 1. The summed E-state index contributed by atoms with van der Waals surface area (Å²) in [5, 5.41) is 4.44. The number of carbonyl (C=O) groups excluding carboxylic acids is 1. The van der Waals surface area contributed by atoms with E-state index in [1.165, 1.54) is 43.4 Å². The minimum atomic E-state index is 0.0911. The van der Waals surface area contributed by atoms with Crippen molar-refractivity contribution < 1.29 is 4.79 Å². The molecule has 0 amide bonds. The Morgan fingerprint density at radius 2 is 2.12 bits per heavy atom. The molecule has 3 nitrogen and oxygen atoms in total. The van der Waals surface area contributed by atoms with Gasteiger partial charge in [-0.3, -0.25) is 4.79 Å². The number of anilines is 2. The molecular weight excluding hydrogens is 220 g/mol. The molecule has 1 saturated carbocycles. The van der Waals surface area contributed by atoms with Crippen molar-refractivity contribution in [3.63, 3.8) is 0 Å². The minimum absolute atomic E-state index is 0.0911. The summed E-state index contributed by atoms with van der Waals surface area (Å²) in [5.41, 5.74) is 6.60. The van der Waals surface area contributed by atoms with E-state index in [0.29, 0.717) is 11.7 Å². The van der Waals surface area contributed by atoms with E-state index in [-0.39, 0.29) is 5.78 Å². The smallest absolute Gasteiger partial charge is 0.169 e. The second kappa shape index (κ2) is 4.87. The van der Waals surface area contributed by atoms with Gasteiger partial charge in [-0.25, -0.2) is 0 Å². The van der Waals surface area contributed by atoms with E-state index in [4.69, 9.17) is 5.73 Å². The molecule has 1 aromatic heterocycles. The Balaban J connectivity index is 2.05. The Kier molecular flexibility index (Phi) is 3.49. The highest BCUT2D eigenvalue weighted by atomic mass is 32.1. The monoisotopic (exact) mass is 238 g/mol. The Labute approximate surface area is 100 Å². The number of nitrogens with one attached hydrogen (secondary N) is 1. The number of carbonyl (C=O) groups is 1. The Hall–Kier alpha value is -1.03. The molecule has 0 aliphatic heterocycles. The molecule has 88 valence electrons. The normalized spacial score (nSPS) is 17.3. The van der Waals surface area contributed by atoms with Crippen molar-refractivity contribution >= 4 is 27.8 Å². The van der Waals surface area contributed by atoms with Gasteiger partial charge in [-0.2, -0.15) is 0 Å². The average Bonchev–Trinajstić information content (AvgIpc) is 2.62. The Morgan fingerprint density at radius 3 is 2.69 bits per heavy atom. The summed E-state index contributed by atoms with van der Waals surface area (Å²) in [6.07, 6.45) is 6.36. The molecule has 0 bridgehead atoms. The lowest BCUT2D eigenvalue weighted by Gasteiger charge is -2.23. The summed E-state index contributed by atoms with van der Waals surface area (Å²) in [4.78, 5) is 12.0. The van der Waals surface area contributed by atoms with Crippen LogP contribution in [-0.2, 0) is 0 Å². The summed E-state index contributed by atoms with van der Waals surface area (Å²) in [7, 11) is 0. The summed E-state index contributed by atoms with van der Waals surface area (Å²) >= 11 is 1.48. The molecule has 0 aromatic carbocycles. The molecule has 0 spiro atoms. The third-order valence-corrected chi connectivity index (χ3v) is 4.23. The van der Waals surface area contributed by atoms with Crippen LogP contribution >= 0.6 is 11.3 Å². The second-order valence-corrected chi connectivity index (χ2v) is 5.48. The first-order valence-corrected chi connectivity index (χ1v) is 6.65. The first kappa shape index (κ1) is 11.5. The molecule has 0 radical (unpaired) electrons. The lowest BCUT2D eigenvalue weighted by molar-refractivity contribution is 0.102. The van der Waals surface area contributed by atoms with Crippen LogP contribution in [-0.4, -0.2) is 11.8 Å². The van der Waals surface area contributed by atoms with Crippen LogP contribution in [0.4, 0.5) is 10.7 Å². The third-order valence-electron chi connectivity index (χ3n) is 3.05. The van der Waals surface area contributed by atoms with E-state index in [9.17, 15) is 4.79 Å². The van der Waals surface area contributed by atoms with Crippen molar-refractivity contribution in [1.82, 2.24) is 0 Å². The van der Waals surface area contributed by atoms with Crippen molar-refractivity contribution in [2.45, 2.75) is 45.1 Å². The number of hydrogen-bond donors (Lipinski definition) is 2. The van der Waals surface area contributed by atoms with Crippen molar-refractivity contribution in [1.29, 1.82) is 0 Å². The number of nitrogen functional groups attached to an aromatic ring is 1. The molecule has 1 aliphatic rings. The van der Waals surface area contributed by atoms with Crippen LogP contribution in [0, 0.1) is 0 Å². The number of Topliss-reactive ketones (excluding diaryl/α,β-unsaturated/α-hetero) is 1. The predicted octanol–water partition coefficient (Wildman–Crippen LogP) is 3.28. The summed E-state index contributed by atoms with van der Waals surface area (Å²) in [5.74, 6) is 0.0911. The molecule has 1 aliphatic carbocycles. The number of nitrogens with two attached hydrogens (primary N) is 1. The van der Waals surface area contributed by atoms with Gasteiger partial charge in [-0.15, -0.1) is 11.3 Å². The van der Waals surface area contributed by atoms with Crippen LogP contribution in [0.25, 0.3) is 0 Å². The SMILES string of the molecule is CC(=O)c1cc(N)c(NC2CCCCC2)s1. The fraction of sp³-hybridized carbons (Fsp3) is 0.583. The van der Waals surface area contributed by atoms with Gasteiger partial charge >= 0.3 is 0 Å². The first-order chi connectivity index (χ1) is 7.66. The second-order valence-electron chi connectivity index (χ2n) is 4.43. The fourth-order valence-electron chi connectivity index (χ4n) is 2.12. The Morgan fingerprint density at radius 1 is 1.44 bits per heavy atom. The van der Waals surface area contributed by atoms with Gasteiger partial charge in [-0.05, 0) is 25.8 Å². The highest BCUT2D eigenvalue weighted by Crippen LogP contribution is 2.33. The van der Waals surface area contributed by atoms with Crippen molar-refractivity contribution in [3.8, 4) is 0 Å². The molecule has 1 fully saturated rings. The van der Waals surface area contributed by atoms with Crippen LogP contribution in [0.3, 0.4) is 0 Å². The van der Waals surface area contributed by atoms with Crippen LogP contribution in [0.15, 0.2) is 6.07 Å². The molecule has 4 heteroatoms. The van der Waals surface area contributed by atoms with Crippen LogP contribution in [0.2, 0.25) is 0 Å². The summed E-state index contributed by atoms with van der Waals surface area (Å²) < 4.78 is 0. The molecule has 16 heavy (non-hydrogen) atoms. The lowest BCUT2D eigenvalue weighted by atomic mass is 9.96. The van der Waals surface area contributed by atoms with Gasteiger partial charge in [0.1, 0.15) is 5.00 Å². The molecule has 0 unspecified atom stereocenters. The molecule has 3 N–H and O–H groups in total. The standard InChI is InChI=1S/C12H18N2OS/c1-8(15)11-7-10(13)12(16-11)14-9-5-3-2-4-6-9/h7,9,14H,2-6,13H2,1H3. The number of hydrogen-bond acceptors (Lipinski definition) is 4. The number of thiophene rings is 1. The van der Waals surface area contributed by atoms with Crippen molar-refractivity contribution in [2.75, 3.05) is 11.1 Å². The predicted molar refractivity (Wildman–Crippen MR) is 69.2 cm³/mol. The molecule has 0 atom stereocenters. The van der Waals surface area contributed by atoms with Crippen LogP contribution in [0.1, 0.15) is 48.7 Å². The summed E-state index contributed by atoms with van der Waals surface area (Å²) in [6.45, 7) is 1.58. The van der Waals surface area contributed by atoms with Crippen molar-refractivity contribution in [2.24, 2.45) is 0 Å². The quantitative estimate of drug-likeness (QED) is 0.795. The maximum Gasteiger partial charge on any atom is 0.169 e. The van der Waals surface area contributed by atoms with Gasteiger partial charge in [0.05, 0.1) is 10.6 Å². The zero-order valence-electron chi connectivity index (χ0n) is 9.58. The van der Waals surface area contributed by atoms with Crippen LogP contribution in [0.5, 0.6) is 0 Å². The van der Waals surface area contributed by atoms with Crippen molar-refractivity contribution in [3.05, 3.63) is 10.9 Å². The van der Waals surface area contributed by atoms with E-state index in [0.717, 1.165) is 9.88 Å². The molecule has 1 heterocycles. The largest absolute Gasteiger partial charge is 0.396 e. The van der Waals surface area contributed by atoms with Gasteiger partial charge in [0.2, 0.25) is 0 Å². The molecule has 0 saturated heterocycles. The zero-order chi connectivity index (χ0) is 11.5. The zero-order valence-corrected chi connectivity index (χ0v) is 10.4. The lowest BCUT2D eigenvalue weighted by Crippen LogP contribution is -2.21. The highest BCUT2D eigenvalue weighted by molar-refractivity contribution is 7.18. The van der Waals surface area contributed by atoms with E-state index in [1.54, 1.807) is 13.0 Å². The average molecular weight is 238 g/mol. The van der Waals surface area contributed by atoms with Gasteiger partial charge in [-0.1, -0.05) is 19.3 Å². The Bertz CT molecular complexity index is 380. The maximum atomic E-state index is 11.2. The van der Waals surface area contributed by atoms with Gasteiger partial charge < -0.3 is 11.1 Å². The van der Waals surface area contributed by atoms with E-state index in [2.05, 4.69) is 5.32 Å². The van der Waals surface area contributed by atoms with E-state index < -0.39 is 0 Å². The summed E-state index contributed by atoms with van der Waals surface area (Å²) in [6, 6.07) is 2.31. The molecule has 2 rings (SSSR count). The molecule has 1 aromatic rings. The maximum absolute atomic E-state index is 11.2. The fourth-order valence-corrected chi connectivity index (χ4v) is 3.08. The number of rotatable bonds is 3. The third kappa shape index (κ3) is 2.55. The topological polar surface area (TPSA) is 55.1 Å². The van der Waals surface area contributed by atoms with Gasteiger partial charge in [0, 0.05) is 6.04 Å². The first-order valence-electron chi connectivity index (χ1n) is 5.83. The highest BCUT2D eigenvalue weighted by Gasteiger charge is 2.16. The van der Waals surface area contributed by atoms with E-state index >= 15 is 0 Å². The van der Waals surface area contributed by atoms with E-state index in [1.807, 2.05) is 0 Å². The van der Waals surface area contributed by atoms with Gasteiger partial charge in [0.15, 0.2) is 5.78 Å². The van der Waals surface area contributed by atoms with Gasteiger partial charge in [0.25, 0.3) is 0 Å². The minimum Gasteiger partial charge on any atom is -0.396 e. The molecular formula is C12H18N2OS. The van der Waals surface area contributed by atoms with Crippen LogP contribution < -0.4 is 11.1 Å².